The number of pyridine rings is 1. The van der Waals surface area contributed by atoms with Crippen LogP contribution in [0.5, 0.6) is 0 Å². The number of fused-ring (bicyclic) bond motifs is 3. The highest BCUT2D eigenvalue weighted by atomic mass is 35.5. The molecule has 30 heavy (non-hydrogen) atoms. The van der Waals surface area contributed by atoms with Crippen LogP contribution in [0.3, 0.4) is 0 Å². The molecule has 0 aliphatic heterocycles. The zero-order valence-electron chi connectivity index (χ0n) is 18.3. The average Bonchev–Trinajstić information content (AvgIpc) is 3.03. The Labute approximate surface area is 187 Å². The van der Waals surface area contributed by atoms with Crippen molar-refractivity contribution in [2.45, 2.75) is 72.0 Å². The number of hydrogen-bond donors (Lipinski definition) is 0. The van der Waals surface area contributed by atoms with E-state index in [1.165, 1.54) is 28.7 Å². The van der Waals surface area contributed by atoms with Gasteiger partial charge in [-0.25, -0.2) is 4.98 Å². The van der Waals surface area contributed by atoms with Gasteiger partial charge in [-0.05, 0) is 83.6 Å². The molecule has 2 heterocycles. The molecule has 0 N–H and O–H groups in total. The Morgan fingerprint density at radius 2 is 1.83 bits per heavy atom. The fourth-order valence-electron chi connectivity index (χ4n) is 4.35. The normalized spacial score (nSPS) is 15.3. The first-order valence-corrected chi connectivity index (χ1v) is 11.7. The molecule has 0 radical (unpaired) electrons. The molecule has 0 bridgehead atoms. The van der Waals surface area contributed by atoms with E-state index in [0.29, 0.717) is 5.02 Å². The zero-order valence-corrected chi connectivity index (χ0v) is 19.8. The van der Waals surface area contributed by atoms with Gasteiger partial charge in [0.25, 0.3) is 0 Å². The van der Waals surface area contributed by atoms with Crippen LogP contribution in [0, 0.1) is 6.92 Å². The minimum absolute atomic E-state index is 0.00603. The van der Waals surface area contributed by atoms with E-state index in [4.69, 9.17) is 21.3 Å². The van der Waals surface area contributed by atoms with E-state index in [2.05, 4.69) is 0 Å². The third-order valence-corrected chi connectivity index (χ3v) is 7.00. The first kappa shape index (κ1) is 21.5. The van der Waals surface area contributed by atoms with Gasteiger partial charge in [0.1, 0.15) is 10.9 Å². The Morgan fingerprint density at radius 1 is 1.17 bits per heavy atom. The Morgan fingerprint density at radius 3 is 2.47 bits per heavy atom. The van der Waals surface area contributed by atoms with Crippen molar-refractivity contribution >= 4 is 38.9 Å². The fraction of sp³-hybridized carbons (Fsp3) is 0.440. The summed E-state index contributed by atoms with van der Waals surface area (Å²) in [6.45, 7) is 9.56. The van der Waals surface area contributed by atoms with Crippen molar-refractivity contribution in [1.82, 2.24) is 4.98 Å². The van der Waals surface area contributed by atoms with E-state index in [9.17, 15) is 4.79 Å². The van der Waals surface area contributed by atoms with Gasteiger partial charge in [0.05, 0.1) is 5.60 Å². The second kappa shape index (κ2) is 8.07. The van der Waals surface area contributed by atoms with Crippen LogP contribution in [0.1, 0.15) is 68.3 Å². The van der Waals surface area contributed by atoms with Crippen LogP contribution in [0.15, 0.2) is 24.3 Å². The first-order chi connectivity index (χ1) is 14.2. The molecule has 1 aliphatic carbocycles. The number of carbonyl (C=O) groups is 1. The van der Waals surface area contributed by atoms with E-state index < -0.39 is 11.7 Å². The molecule has 0 saturated heterocycles. The Balaban J connectivity index is 2.08. The molecule has 3 aromatic rings. The number of ketones is 1. The van der Waals surface area contributed by atoms with Gasteiger partial charge in [-0.15, -0.1) is 11.3 Å². The van der Waals surface area contributed by atoms with Crippen LogP contribution >= 0.6 is 22.9 Å². The summed E-state index contributed by atoms with van der Waals surface area (Å²) in [6, 6.07) is 7.91. The molecular formula is C25H28ClNO2S. The van der Waals surface area contributed by atoms with Crippen molar-refractivity contribution in [2.75, 3.05) is 0 Å². The first-order valence-electron chi connectivity index (χ1n) is 10.5. The van der Waals surface area contributed by atoms with E-state index in [-0.39, 0.29) is 5.78 Å². The SMILES string of the molecule is CC(=O)[C@@H](OC(C)(C)C)c1c(C)nc2sc3c(c2c1-c1ccc(Cl)cc1)CCCC3. The summed E-state index contributed by atoms with van der Waals surface area (Å²) in [6.07, 6.45) is 3.93. The van der Waals surface area contributed by atoms with Gasteiger partial charge in [0.2, 0.25) is 0 Å². The molecule has 0 saturated carbocycles. The molecule has 0 fully saturated rings. The number of halogens is 1. The number of benzene rings is 1. The number of aromatic nitrogens is 1. The highest BCUT2D eigenvalue weighted by Crippen LogP contribution is 2.45. The standard InChI is InChI=1S/C25H28ClNO2S/c1-14-20(23(15(2)28)29-25(3,4)5)21(16-10-12-17(26)13-11-16)22-18-8-6-7-9-19(18)30-24(22)27-14/h10-13,23H,6-9H2,1-5H3/t23-/m1/s1. The van der Waals surface area contributed by atoms with E-state index in [1.54, 1.807) is 18.3 Å². The minimum Gasteiger partial charge on any atom is -0.360 e. The number of rotatable bonds is 4. The number of thiophene rings is 1. The van der Waals surface area contributed by atoms with Crippen LogP contribution in [0.4, 0.5) is 0 Å². The Kier molecular flexibility index (Phi) is 5.78. The predicted molar refractivity (Wildman–Crippen MR) is 126 cm³/mol. The van der Waals surface area contributed by atoms with Crippen LogP contribution < -0.4 is 0 Å². The molecule has 0 unspecified atom stereocenters. The molecular weight excluding hydrogens is 414 g/mol. The van der Waals surface area contributed by atoms with E-state index in [1.807, 2.05) is 52.0 Å². The molecule has 0 spiro atoms. The molecule has 1 aliphatic rings. The molecule has 2 aromatic heterocycles. The number of carbonyl (C=O) groups excluding carboxylic acids is 1. The quantitative estimate of drug-likeness (QED) is 0.428. The van der Waals surface area contributed by atoms with Crippen molar-refractivity contribution < 1.29 is 9.53 Å². The topological polar surface area (TPSA) is 39.2 Å². The fourth-order valence-corrected chi connectivity index (χ4v) is 5.80. The van der Waals surface area contributed by atoms with E-state index >= 15 is 0 Å². The van der Waals surface area contributed by atoms with Crippen LogP contribution in [0.25, 0.3) is 21.3 Å². The van der Waals surface area contributed by atoms with Gasteiger partial charge < -0.3 is 4.74 Å². The van der Waals surface area contributed by atoms with Crippen molar-refractivity contribution in [3.63, 3.8) is 0 Å². The highest BCUT2D eigenvalue weighted by molar-refractivity contribution is 7.19. The van der Waals surface area contributed by atoms with Gasteiger partial charge in [-0.3, -0.25) is 4.79 Å². The third-order valence-electron chi connectivity index (χ3n) is 5.57. The maximum Gasteiger partial charge on any atom is 0.163 e. The largest absolute Gasteiger partial charge is 0.360 e. The van der Waals surface area contributed by atoms with Crippen molar-refractivity contribution in [1.29, 1.82) is 0 Å². The summed E-state index contributed by atoms with van der Waals surface area (Å²) < 4.78 is 6.31. The zero-order chi connectivity index (χ0) is 21.6. The monoisotopic (exact) mass is 441 g/mol. The minimum atomic E-state index is -0.660. The number of ether oxygens (including phenoxy) is 1. The molecule has 158 valence electrons. The number of nitrogens with zero attached hydrogens (tertiary/aromatic N) is 1. The summed E-state index contributed by atoms with van der Waals surface area (Å²) in [5.74, 6) is -0.00603. The van der Waals surface area contributed by atoms with Gasteiger partial charge in [0, 0.05) is 32.1 Å². The van der Waals surface area contributed by atoms with Gasteiger partial charge in [-0.1, -0.05) is 23.7 Å². The Bertz CT molecular complexity index is 1110. The predicted octanol–water partition coefficient (Wildman–Crippen LogP) is 7.25. The van der Waals surface area contributed by atoms with E-state index in [0.717, 1.165) is 40.1 Å². The summed E-state index contributed by atoms with van der Waals surface area (Å²) in [5.41, 5.74) is 4.83. The van der Waals surface area contributed by atoms with Crippen LogP contribution in [0.2, 0.25) is 5.02 Å². The van der Waals surface area contributed by atoms with Gasteiger partial charge >= 0.3 is 0 Å². The maximum atomic E-state index is 12.8. The smallest absolute Gasteiger partial charge is 0.163 e. The van der Waals surface area contributed by atoms with Gasteiger partial charge in [-0.2, -0.15) is 0 Å². The molecule has 3 nitrogen and oxygen atoms in total. The number of Topliss-reactive ketones (excluding diaryl/α,β-unsaturated/α-hetero) is 1. The van der Waals surface area contributed by atoms with Crippen molar-refractivity contribution in [3.8, 4) is 11.1 Å². The number of hydrogen-bond acceptors (Lipinski definition) is 4. The summed E-state index contributed by atoms with van der Waals surface area (Å²) >= 11 is 8.00. The second-order valence-electron chi connectivity index (χ2n) is 9.10. The number of aryl methyl sites for hydroxylation is 3. The highest BCUT2D eigenvalue weighted by Gasteiger charge is 2.32. The molecule has 4 rings (SSSR count). The lowest BCUT2D eigenvalue weighted by molar-refractivity contribution is -0.138. The van der Waals surface area contributed by atoms with Crippen LogP contribution in [-0.2, 0) is 22.4 Å². The summed E-state index contributed by atoms with van der Waals surface area (Å²) in [7, 11) is 0. The lowest BCUT2D eigenvalue weighted by atomic mass is 9.87. The molecule has 0 amide bonds. The van der Waals surface area contributed by atoms with Crippen molar-refractivity contribution in [3.05, 3.63) is 51.0 Å². The van der Waals surface area contributed by atoms with Gasteiger partial charge in [0.15, 0.2) is 5.78 Å². The van der Waals surface area contributed by atoms with Crippen molar-refractivity contribution in [2.24, 2.45) is 0 Å². The van der Waals surface area contributed by atoms with Crippen LogP contribution in [-0.4, -0.2) is 16.4 Å². The Hall–Kier alpha value is -1.75. The molecule has 5 heteroatoms. The molecule has 1 aromatic carbocycles. The summed E-state index contributed by atoms with van der Waals surface area (Å²) in [4.78, 5) is 20.3. The lowest BCUT2D eigenvalue weighted by Crippen LogP contribution is -2.27. The third kappa shape index (κ3) is 4.05. The average molecular weight is 442 g/mol. The second-order valence-corrected chi connectivity index (χ2v) is 10.6. The summed E-state index contributed by atoms with van der Waals surface area (Å²) in [5, 5.41) is 1.89. The lowest BCUT2D eigenvalue weighted by Gasteiger charge is -2.29. The molecule has 1 atom stereocenters. The maximum absolute atomic E-state index is 12.8.